The third-order valence-electron chi connectivity index (χ3n) is 8.27. The zero-order valence-corrected chi connectivity index (χ0v) is 28.9. The predicted octanol–water partition coefficient (Wildman–Crippen LogP) is 2.11. The molecule has 2 aliphatic carbocycles. The van der Waals surface area contributed by atoms with Crippen LogP contribution in [0, 0.1) is 24.3 Å². The van der Waals surface area contributed by atoms with E-state index in [2.05, 4.69) is 125 Å². The molecule has 4 aromatic rings. The number of hydrogen-bond acceptors (Lipinski definition) is 0. The van der Waals surface area contributed by atoms with Gasteiger partial charge in [-0.15, -0.1) is 33.4 Å². The monoisotopic (exact) mass is 665 g/mol. The average Bonchev–Trinajstić information content (AvgIpc) is 3.61. The van der Waals surface area contributed by atoms with Gasteiger partial charge in [-0.3, -0.25) is 0 Å². The molecule has 0 amide bonds. The van der Waals surface area contributed by atoms with E-state index in [1.165, 1.54) is 65.4 Å². The summed E-state index contributed by atoms with van der Waals surface area (Å²) in [5.74, 6) is 0. The molecular weight excluding hydrogens is 631 g/mol. The van der Waals surface area contributed by atoms with Gasteiger partial charge in [0.05, 0.1) is 0 Å². The molecule has 0 heterocycles. The van der Waals surface area contributed by atoms with Gasteiger partial charge in [-0.25, -0.2) is 0 Å². The topological polar surface area (TPSA) is 0 Å². The van der Waals surface area contributed by atoms with E-state index in [1.54, 1.807) is 11.1 Å². The number of allylic oxidation sites excluding steroid dienone is 4. The van der Waals surface area contributed by atoms with Crippen LogP contribution in [0.2, 0.25) is 0 Å². The van der Waals surface area contributed by atoms with E-state index in [1.807, 2.05) is 0 Å². The number of hydrogen-bond donors (Lipinski definition) is 0. The molecule has 0 spiro atoms. The van der Waals surface area contributed by atoms with Crippen LogP contribution in [0.25, 0.3) is 17.2 Å². The van der Waals surface area contributed by atoms with Crippen LogP contribution >= 0.6 is 0 Å². The van der Waals surface area contributed by atoms with Gasteiger partial charge in [0.2, 0.25) is 0 Å². The van der Waals surface area contributed by atoms with Crippen LogP contribution in [-0.4, -0.2) is 0 Å². The average molecular weight is 668 g/mol. The molecule has 4 aromatic carbocycles. The van der Waals surface area contributed by atoms with E-state index in [0.29, 0.717) is 0 Å². The number of halogens is 2. The Morgan fingerprint density at radius 1 is 0.762 bits per heavy atom. The summed E-state index contributed by atoms with van der Waals surface area (Å²) in [6.45, 7) is 9.23. The van der Waals surface area contributed by atoms with Crippen molar-refractivity contribution >= 4 is 17.2 Å². The van der Waals surface area contributed by atoms with Crippen LogP contribution in [0.3, 0.4) is 0 Å². The van der Waals surface area contributed by atoms with Gasteiger partial charge >= 0.3 is 26.2 Å². The van der Waals surface area contributed by atoms with Crippen molar-refractivity contribution in [3.63, 3.8) is 0 Å². The molecule has 0 aromatic heterocycles. The van der Waals surface area contributed by atoms with Crippen molar-refractivity contribution in [1.29, 1.82) is 0 Å². The Morgan fingerprint density at radius 3 is 1.90 bits per heavy atom. The van der Waals surface area contributed by atoms with Gasteiger partial charge in [0.1, 0.15) is 0 Å². The zero-order chi connectivity index (χ0) is 26.9. The van der Waals surface area contributed by atoms with Crippen LogP contribution < -0.4 is 35.3 Å². The fourth-order valence-electron chi connectivity index (χ4n) is 6.71. The van der Waals surface area contributed by atoms with Crippen molar-refractivity contribution in [2.24, 2.45) is 0 Å². The number of aryl methyl sites for hydroxylation is 1. The minimum absolute atomic E-state index is 0. The first-order chi connectivity index (χ1) is 19.1. The summed E-state index contributed by atoms with van der Waals surface area (Å²) in [7, 11) is 0. The molecule has 42 heavy (non-hydrogen) atoms. The quantitative estimate of drug-likeness (QED) is 0.234. The molecule has 0 aliphatic heterocycles. The first-order valence-electron chi connectivity index (χ1n) is 14.6. The van der Waals surface area contributed by atoms with Crippen LogP contribution in [0.4, 0.5) is 0 Å². The van der Waals surface area contributed by atoms with Gasteiger partial charge in [-0.2, -0.15) is 0 Å². The summed E-state index contributed by atoms with van der Waals surface area (Å²) in [5.41, 5.74) is 13.7. The minimum atomic E-state index is 0. The van der Waals surface area contributed by atoms with E-state index < -0.39 is 0 Å². The molecule has 211 valence electrons. The first-order valence-corrected chi connectivity index (χ1v) is 14.6. The second kappa shape index (κ2) is 14.8. The van der Waals surface area contributed by atoms with Gasteiger partial charge in [0.15, 0.2) is 0 Å². The summed E-state index contributed by atoms with van der Waals surface area (Å²) < 4.78 is 0. The molecule has 0 saturated heterocycles. The largest absolute Gasteiger partial charge is 3.00 e. The summed E-state index contributed by atoms with van der Waals surface area (Å²) in [4.78, 5) is 0. The molecule has 3 heteroatoms. The smallest absolute Gasteiger partial charge is 1.00 e. The van der Waals surface area contributed by atoms with Crippen LogP contribution in [0.1, 0.15) is 77.6 Å². The molecule has 0 fully saturated rings. The maximum Gasteiger partial charge on any atom is 3.00 e. The Balaban J connectivity index is 0.00000161. The number of fused-ring (bicyclic) bond motifs is 2. The number of benzene rings is 4. The molecule has 6 rings (SSSR count). The predicted molar refractivity (Wildman–Crippen MR) is 166 cm³/mol. The van der Waals surface area contributed by atoms with Gasteiger partial charge in [-0.05, 0) is 49.8 Å². The summed E-state index contributed by atoms with van der Waals surface area (Å²) in [6, 6.07) is 26.6. The Kier molecular flexibility index (Phi) is 12.0. The van der Waals surface area contributed by atoms with Gasteiger partial charge < -0.3 is 24.8 Å². The van der Waals surface area contributed by atoms with Crippen molar-refractivity contribution in [2.45, 2.75) is 59.8 Å². The summed E-state index contributed by atoms with van der Waals surface area (Å²) in [6.07, 6.45) is 16.3. The van der Waals surface area contributed by atoms with Gasteiger partial charge in [0, 0.05) is 0 Å². The van der Waals surface area contributed by atoms with E-state index in [-0.39, 0.29) is 51.0 Å². The third-order valence-corrected chi connectivity index (χ3v) is 8.27. The first kappa shape index (κ1) is 34.1. The fraction of sp³-hybridized carbons (Fsp3) is 0.231. The van der Waals surface area contributed by atoms with Crippen LogP contribution in [-0.2, 0) is 39.0 Å². The van der Waals surface area contributed by atoms with E-state index in [4.69, 9.17) is 0 Å². The van der Waals surface area contributed by atoms with E-state index >= 15 is 0 Å². The van der Waals surface area contributed by atoms with Crippen molar-refractivity contribution in [1.82, 2.24) is 0 Å². The second-order valence-electron chi connectivity index (χ2n) is 11.0. The Labute approximate surface area is 282 Å². The molecule has 0 bridgehead atoms. The van der Waals surface area contributed by atoms with Gasteiger partial charge in [-0.1, -0.05) is 150 Å². The van der Waals surface area contributed by atoms with Crippen molar-refractivity contribution in [3.05, 3.63) is 156 Å². The molecule has 0 atom stereocenters. The van der Waals surface area contributed by atoms with E-state index in [9.17, 15) is 0 Å². The molecule has 0 N–H and O–H groups in total. The standard InChI is InChI=1S/C39H37.2ClH.Zr/c1-5-15-32-27(4)36(28-21-13-14-22-28)35-25-31-23-26(3)24-34(38(31)39(35)33(32)16-6-2)37(29-17-9-7-10-18-29)30-19-11-8-12-20-30;;;/h7-14,17-21,23-24H,5-6,15-16,22H2,1-4H3;2*1H;/q-1;;;+3/p-2. The molecule has 1 radical (unpaired) electrons. The SMILES string of the molecule is CCCc1c(C)c(C2=CC=CC2)c2c(c1CCC)=c1c(cc(C)cc1=C(c1ccccc1)c1ccccc1)[C-]=2.[Cl-].[Cl-].[Zr+3]. The van der Waals surface area contributed by atoms with Crippen LogP contribution in [0.5, 0.6) is 0 Å². The fourth-order valence-corrected chi connectivity index (χ4v) is 6.71. The van der Waals surface area contributed by atoms with Gasteiger partial charge in [0.25, 0.3) is 0 Å². The molecular formula is C39H37Cl2Zr. The third kappa shape index (κ3) is 6.12. The van der Waals surface area contributed by atoms with E-state index in [0.717, 1.165) is 32.1 Å². The number of rotatable bonds is 7. The Bertz CT molecular complexity index is 1810. The van der Waals surface area contributed by atoms with Crippen molar-refractivity contribution < 1.29 is 51.0 Å². The Morgan fingerprint density at radius 2 is 1.36 bits per heavy atom. The maximum atomic E-state index is 3.99. The van der Waals surface area contributed by atoms with Crippen molar-refractivity contribution in [2.75, 3.05) is 0 Å². The molecule has 0 nitrogen and oxygen atoms in total. The summed E-state index contributed by atoms with van der Waals surface area (Å²) in [5, 5.41) is 5.44. The molecule has 0 unspecified atom stereocenters. The maximum absolute atomic E-state index is 3.99. The normalized spacial score (nSPS) is 12.2. The van der Waals surface area contributed by atoms with Crippen LogP contribution in [0.15, 0.2) is 91.0 Å². The Hall–Kier alpha value is -2.44. The molecule has 0 saturated carbocycles. The summed E-state index contributed by atoms with van der Waals surface area (Å²) >= 11 is 0. The zero-order valence-electron chi connectivity index (χ0n) is 25.0. The molecule has 2 aliphatic rings. The van der Waals surface area contributed by atoms with Crippen molar-refractivity contribution in [3.8, 4) is 0 Å². The second-order valence-corrected chi connectivity index (χ2v) is 11.0. The minimum Gasteiger partial charge on any atom is -1.00 e.